The number of ether oxygens (including phenoxy) is 1. The average Bonchev–Trinajstić information content (AvgIpc) is 3.04. The van der Waals surface area contributed by atoms with Crippen molar-refractivity contribution in [1.29, 1.82) is 0 Å². The topological polar surface area (TPSA) is 56.1 Å². The highest BCUT2D eigenvalue weighted by molar-refractivity contribution is 5.91. The molecule has 23 heavy (non-hydrogen) atoms. The van der Waals surface area contributed by atoms with Crippen molar-refractivity contribution in [2.24, 2.45) is 0 Å². The number of nitrogens with one attached hydrogen (secondary N) is 1. The van der Waals surface area contributed by atoms with Gasteiger partial charge in [-0.25, -0.2) is 4.68 Å². The van der Waals surface area contributed by atoms with Crippen molar-refractivity contribution < 1.29 is 9.53 Å². The number of carbonyl (C=O) groups excluding carboxylic acids is 1. The molecule has 0 aliphatic rings. The van der Waals surface area contributed by atoms with Gasteiger partial charge >= 0.3 is 0 Å². The highest BCUT2D eigenvalue weighted by Crippen LogP contribution is 2.14. The summed E-state index contributed by atoms with van der Waals surface area (Å²) < 4.78 is 6.88. The van der Waals surface area contributed by atoms with E-state index in [1.807, 2.05) is 60.8 Å². The highest BCUT2D eigenvalue weighted by Gasteiger charge is 2.07. The molecule has 0 fully saturated rings. The Morgan fingerprint density at radius 3 is 2.74 bits per heavy atom. The van der Waals surface area contributed by atoms with E-state index in [1.54, 1.807) is 17.9 Å². The van der Waals surface area contributed by atoms with Crippen LogP contribution in [-0.4, -0.2) is 22.8 Å². The number of rotatable bonds is 5. The van der Waals surface area contributed by atoms with Crippen molar-refractivity contribution in [2.75, 3.05) is 12.4 Å². The molecule has 1 N–H and O–H groups in total. The van der Waals surface area contributed by atoms with E-state index in [1.165, 1.54) is 0 Å². The second kappa shape index (κ2) is 6.79. The van der Waals surface area contributed by atoms with Gasteiger partial charge in [0.1, 0.15) is 5.75 Å². The molecule has 3 rings (SSSR count). The molecule has 0 atom stereocenters. The number of anilines is 1. The van der Waals surface area contributed by atoms with Crippen molar-refractivity contribution in [1.82, 2.24) is 9.78 Å². The summed E-state index contributed by atoms with van der Waals surface area (Å²) in [6.45, 7) is 0. The number of aromatic nitrogens is 2. The van der Waals surface area contributed by atoms with Crippen LogP contribution in [0.15, 0.2) is 66.9 Å². The highest BCUT2D eigenvalue weighted by atomic mass is 16.5. The minimum absolute atomic E-state index is 0.114. The second-order valence-electron chi connectivity index (χ2n) is 5.06. The summed E-state index contributed by atoms with van der Waals surface area (Å²) in [5.41, 5.74) is 1.84. The molecule has 0 spiro atoms. The molecule has 0 saturated carbocycles. The number of methoxy groups -OCH3 is 1. The summed E-state index contributed by atoms with van der Waals surface area (Å²) in [5.74, 6) is 1.15. The first-order valence-corrected chi connectivity index (χ1v) is 7.28. The fraction of sp³-hybridized carbons (Fsp3) is 0.111. The summed E-state index contributed by atoms with van der Waals surface area (Å²) in [6, 6.07) is 19.0. The fourth-order valence-electron chi connectivity index (χ4n) is 2.27. The van der Waals surface area contributed by atoms with Crippen LogP contribution >= 0.6 is 0 Å². The molecule has 0 bridgehead atoms. The first-order chi connectivity index (χ1) is 11.2. The summed E-state index contributed by atoms with van der Waals surface area (Å²) in [5, 5.41) is 7.16. The Hall–Kier alpha value is -3.08. The van der Waals surface area contributed by atoms with Crippen molar-refractivity contribution in [3.05, 3.63) is 72.4 Å². The third-order valence-electron chi connectivity index (χ3n) is 3.38. The van der Waals surface area contributed by atoms with E-state index in [9.17, 15) is 4.79 Å². The lowest BCUT2D eigenvalue weighted by atomic mass is 10.1. The Bertz CT molecular complexity index is 797. The zero-order valence-electron chi connectivity index (χ0n) is 12.8. The maximum atomic E-state index is 12.1. The number of benzene rings is 2. The molecule has 0 radical (unpaired) electrons. The molecule has 2 aromatic carbocycles. The zero-order chi connectivity index (χ0) is 16.1. The molecule has 0 aliphatic carbocycles. The number of carbonyl (C=O) groups is 1. The average molecular weight is 307 g/mol. The van der Waals surface area contributed by atoms with E-state index in [-0.39, 0.29) is 12.3 Å². The number of hydrogen-bond acceptors (Lipinski definition) is 3. The number of amides is 1. The minimum Gasteiger partial charge on any atom is -0.497 e. The molecular formula is C18H17N3O2. The largest absolute Gasteiger partial charge is 0.497 e. The van der Waals surface area contributed by atoms with Crippen LogP contribution in [0.2, 0.25) is 0 Å². The van der Waals surface area contributed by atoms with Gasteiger partial charge in [0.25, 0.3) is 0 Å². The monoisotopic (exact) mass is 307 g/mol. The summed E-state index contributed by atoms with van der Waals surface area (Å²) in [6.07, 6.45) is 2.09. The van der Waals surface area contributed by atoms with Gasteiger partial charge in [-0.3, -0.25) is 4.79 Å². The van der Waals surface area contributed by atoms with Crippen LogP contribution in [0.3, 0.4) is 0 Å². The first-order valence-electron chi connectivity index (χ1n) is 7.28. The Morgan fingerprint density at radius 1 is 1.13 bits per heavy atom. The Kier molecular flexibility index (Phi) is 4.38. The number of nitrogens with zero attached hydrogens (tertiary/aromatic N) is 2. The predicted molar refractivity (Wildman–Crippen MR) is 88.9 cm³/mol. The van der Waals surface area contributed by atoms with Crippen LogP contribution in [0.5, 0.6) is 5.75 Å². The lowest BCUT2D eigenvalue weighted by Gasteiger charge is -2.05. The lowest BCUT2D eigenvalue weighted by molar-refractivity contribution is -0.115. The smallest absolute Gasteiger partial charge is 0.229 e. The van der Waals surface area contributed by atoms with Gasteiger partial charge in [-0.1, -0.05) is 30.3 Å². The van der Waals surface area contributed by atoms with Crippen LogP contribution in [0.4, 0.5) is 5.82 Å². The molecule has 1 amide bonds. The van der Waals surface area contributed by atoms with Crippen LogP contribution in [-0.2, 0) is 11.2 Å². The molecule has 1 aromatic heterocycles. The molecule has 116 valence electrons. The normalized spacial score (nSPS) is 10.3. The Morgan fingerprint density at radius 2 is 1.96 bits per heavy atom. The van der Waals surface area contributed by atoms with Gasteiger partial charge in [-0.15, -0.1) is 0 Å². The number of para-hydroxylation sites is 1. The van der Waals surface area contributed by atoms with Gasteiger partial charge < -0.3 is 10.1 Å². The molecule has 0 unspecified atom stereocenters. The van der Waals surface area contributed by atoms with Crippen LogP contribution in [0.1, 0.15) is 5.56 Å². The predicted octanol–water partition coefficient (Wildman–Crippen LogP) is 3.06. The third kappa shape index (κ3) is 3.77. The molecule has 3 aromatic rings. The fourth-order valence-corrected chi connectivity index (χ4v) is 2.27. The number of hydrogen-bond donors (Lipinski definition) is 1. The Labute approximate surface area is 134 Å². The SMILES string of the molecule is COc1cccc(CC(=O)Nc2ccn(-c3ccccc3)n2)c1. The van der Waals surface area contributed by atoms with Crippen LogP contribution in [0, 0.1) is 0 Å². The van der Waals surface area contributed by atoms with Gasteiger partial charge in [-0.2, -0.15) is 5.10 Å². The van der Waals surface area contributed by atoms with Gasteiger partial charge in [0.2, 0.25) is 5.91 Å². The van der Waals surface area contributed by atoms with Gasteiger partial charge in [0, 0.05) is 12.3 Å². The van der Waals surface area contributed by atoms with Gasteiger partial charge in [0.15, 0.2) is 5.82 Å². The summed E-state index contributed by atoms with van der Waals surface area (Å²) in [7, 11) is 1.61. The van der Waals surface area contributed by atoms with E-state index in [2.05, 4.69) is 10.4 Å². The maximum Gasteiger partial charge on any atom is 0.229 e. The maximum absolute atomic E-state index is 12.1. The molecule has 5 nitrogen and oxygen atoms in total. The summed E-state index contributed by atoms with van der Waals surface area (Å²) >= 11 is 0. The zero-order valence-corrected chi connectivity index (χ0v) is 12.8. The first kappa shape index (κ1) is 14.8. The van der Waals surface area contributed by atoms with Crippen molar-refractivity contribution in [3.63, 3.8) is 0 Å². The van der Waals surface area contributed by atoms with Crippen molar-refractivity contribution >= 4 is 11.7 Å². The lowest BCUT2D eigenvalue weighted by Crippen LogP contribution is -2.15. The van der Waals surface area contributed by atoms with E-state index < -0.39 is 0 Å². The minimum atomic E-state index is -0.114. The molecule has 1 heterocycles. The summed E-state index contributed by atoms with van der Waals surface area (Å²) in [4.78, 5) is 12.1. The van der Waals surface area contributed by atoms with E-state index >= 15 is 0 Å². The van der Waals surface area contributed by atoms with Crippen LogP contribution < -0.4 is 10.1 Å². The van der Waals surface area contributed by atoms with E-state index in [0.717, 1.165) is 17.0 Å². The van der Waals surface area contributed by atoms with Gasteiger partial charge in [0.05, 0.1) is 19.2 Å². The standard InChI is InChI=1S/C18H17N3O2/c1-23-16-9-5-6-14(12-16)13-18(22)19-17-10-11-21(20-17)15-7-3-2-4-8-15/h2-12H,13H2,1H3,(H,19,20,22). The van der Waals surface area contributed by atoms with E-state index in [4.69, 9.17) is 4.74 Å². The molecule has 5 heteroatoms. The second-order valence-corrected chi connectivity index (χ2v) is 5.06. The van der Waals surface area contributed by atoms with Crippen molar-refractivity contribution in [3.8, 4) is 11.4 Å². The Balaban J connectivity index is 1.65. The quantitative estimate of drug-likeness (QED) is 0.788. The van der Waals surface area contributed by atoms with Gasteiger partial charge in [-0.05, 0) is 29.8 Å². The molecule has 0 aliphatic heterocycles. The van der Waals surface area contributed by atoms with E-state index in [0.29, 0.717) is 5.82 Å². The molecule has 0 saturated heterocycles. The van der Waals surface area contributed by atoms with Crippen molar-refractivity contribution in [2.45, 2.75) is 6.42 Å². The molecular weight excluding hydrogens is 290 g/mol. The van der Waals surface area contributed by atoms with Crippen LogP contribution in [0.25, 0.3) is 5.69 Å². The third-order valence-corrected chi connectivity index (χ3v) is 3.38.